The summed E-state index contributed by atoms with van der Waals surface area (Å²) in [5.41, 5.74) is 10.6. The van der Waals surface area contributed by atoms with E-state index in [9.17, 15) is 9.59 Å². The Labute approximate surface area is 215 Å². The normalized spacial score (nSPS) is 15.2. The molecule has 5 aromatic heterocycles. The Balaban J connectivity index is 1.42. The Morgan fingerprint density at radius 3 is 2.73 bits per heavy atom. The average Bonchev–Trinajstić information content (AvgIpc) is 3.53. The number of nitrogens with one attached hydrogen (secondary N) is 2. The van der Waals surface area contributed by atoms with Crippen LogP contribution in [0.1, 0.15) is 29.9 Å². The molecule has 0 spiro atoms. The third kappa shape index (κ3) is 4.13. The van der Waals surface area contributed by atoms with Crippen LogP contribution < -0.4 is 11.1 Å². The number of primary amides is 1. The molecule has 0 radical (unpaired) electrons. The molecule has 5 aromatic rings. The van der Waals surface area contributed by atoms with Crippen LogP contribution in [0, 0.1) is 12.3 Å². The molecule has 188 valence electrons. The van der Waals surface area contributed by atoms with Gasteiger partial charge in [0.2, 0.25) is 5.91 Å². The lowest BCUT2D eigenvalue weighted by molar-refractivity contribution is -0.120. The minimum Gasteiger partial charge on any atom is -0.365 e. The number of carbonyl (C=O) groups is 2. The number of likely N-dealkylation sites (tertiary alicyclic amines) is 1. The molecular weight excluding hydrogens is 490 g/mol. The molecule has 12 heteroatoms. The van der Waals surface area contributed by atoms with E-state index in [1.807, 2.05) is 19.1 Å². The van der Waals surface area contributed by atoms with Gasteiger partial charge in [0.1, 0.15) is 4.83 Å². The summed E-state index contributed by atoms with van der Waals surface area (Å²) >= 11 is 1.40. The Morgan fingerprint density at radius 1 is 1.16 bits per heavy atom. The maximum atomic E-state index is 12.7. The topological polar surface area (TPSA) is 147 Å². The number of aryl methyl sites for hydroxylation is 1. The predicted octanol–water partition coefficient (Wildman–Crippen LogP) is 3.08. The lowest BCUT2D eigenvalue weighted by Gasteiger charge is -2.45. The van der Waals surface area contributed by atoms with Crippen LogP contribution in [0.4, 0.5) is 5.69 Å². The Kier molecular flexibility index (Phi) is 5.31. The number of aromatic amines is 1. The van der Waals surface area contributed by atoms with E-state index in [2.05, 4.69) is 49.3 Å². The zero-order chi connectivity index (χ0) is 25.9. The summed E-state index contributed by atoms with van der Waals surface area (Å²) in [4.78, 5) is 37.5. The standard InChI is InChI=1S/C25H25N9O2S/c1-13-17(5-16(8-27-13)31-19(35)10-33-11-25(2,3)12-33)20-21(14-4-15-7-29-32-23(15)28-6-14)37-24-18(22(26)36)9-30-34(20)24/h4-9H,10-12H2,1-3H3,(H2,26,36)(H,31,35)(H,28,29,32). The Hall–Kier alpha value is -4.16. The molecule has 37 heavy (non-hydrogen) atoms. The fraction of sp³-hybridized carbons (Fsp3) is 0.280. The number of fused-ring (bicyclic) bond motifs is 2. The van der Waals surface area contributed by atoms with E-state index in [4.69, 9.17) is 5.73 Å². The van der Waals surface area contributed by atoms with Gasteiger partial charge in [-0.1, -0.05) is 13.8 Å². The number of carbonyl (C=O) groups excluding carboxylic acids is 2. The molecule has 1 fully saturated rings. The molecule has 0 bridgehead atoms. The first-order valence-electron chi connectivity index (χ1n) is 11.8. The zero-order valence-corrected chi connectivity index (χ0v) is 21.4. The van der Waals surface area contributed by atoms with Crippen LogP contribution in [0.25, 0.3) is 37.6 Å². The average molecular weight is 516 g/mol. The molecule has 6 rings (SSSR count). The number of hydrogen-bond donors (Lipinski definition) is 3. The quantitative estimate of drug-likeness (QED) is 0.315. The molecule has 0 aromatic carbocycles. The number of nitrogens with zero attached hydrogens (tertiary/aromatic N) is 6. The van der Waals surface area contributed by atoms with E-state index < -0.39 is 5.91 Å². The van der Waals surface area contributed by atoms with Gasteiger partial charge < -0.3 is 11.1 Å². The highest BCUT2D eigenvalue weighted by molar-refractivity contribution is 7.21. The molecule has 0 aliphatic carbocycles. The molecule has 0 saturated carbocycles. The van der Waals surface area contributed by atoms with Gasteiger partial charge in [0, 0.05) is 41.5 Å². The highest BCUT2D eigenvalue weighted by atomic mass is 32.1. The van der Waals surface area contributed by atoms with Crippen molar-refractivity contribution in [2.45, 2.75) is 20.8 Å². The molecule has 11 nitrogen and oxygen atoms in total. The first-order valence-corrected chi connectivity index (χ1v) is 12.6. The van der Waals surface area contributed by atoms with Crippen LogP contribution in [0.5, 0.6) is 0 Å². The van der Waals surface area contributed by atoms with Gasteiger partial charge in [0.05, 0.1) is 47.0 Å². The minimum absolute atomic E-state index is 0.0903. The van der Waals surface area contributed by atoms with Crippen LogP contribution in [0.3, 0.4) is 0 Å². The van der Waals surface area contributed by atoms with E-state index in [-0.39, 0.29) is 11.3 Å². The van der Waals surface area contributed by atoms with Gasteiger partial charge >= 0.3 is 0 Å². The fourth-order valence-electron chi connectivity index (χ4n) is 4.92. The van der Waals surface area contributed by atoms with Crippen molar-refractivity contribution in [3.05, 3.63) is 48.2 Å². The molecule has 2 amide bonds. The van der Waals surface area contributed by atoms with E-state index in [1.54, 1.807) is 23.1 Å². The van der Waals surface area contributed by atoms with Crippen LogP contribution in [-0.2, 0) is 4.79 Å². The first-order chi connectivity index (χ1) is 17.7. The first kappa shape index (κ1) is 23.3. The van der Waals surface area contributed by atoms with Crippen LogP contribution in [0.2, 0.25) is 0 Å². The largest absolute Gasteiger partial charge is 0.365 e. The van der Waals surface area contributed by atoms with Crippen LogP contribution >= 0.6 is 11.3 Å². The monoisotopic (exact) mass is 515 g/mol. The van der Waals surface area contributed by atoms with Gasteiger partial charge in [-0.3, -0.25) is 24.6 Å². The summed E-state index contributed by atoms with van der Waals surface area (Å²) in [5, 5.41) is 15.2. The van der Waals surface area contributed by atoms with Gasteiger partial charge in [-0.25, -0.2) is 9.50 Å². The van der Waals surface area contributed by atoms with Gasteiger partial charge in [0.15, 0.2) is 5.65 Å². The Morgan fingerprint density at radius 2 is 1.97 bits per heavy atom. The second-order valence-electron chi connectivity index (χ2n) is 10.2. The van der Waals surface area contributed by atoms with Crippen molar-refractivity contribution in [2.24, 2.45) is 11.1 Å². The van der Waals surface area contributed by atoms with Gasteiger partial charge in [0.25, 0.3) is 5.91 Å². The second kappa shape index (κ2) is 8.46. The minimum atomic E-state index is -0.553. The number of rotatable bonds is 6. The summed E-state index contributed by atoms with van der Waals surface area (Å²) in [6.07, 6.45) is 6.59. The second-order valence-corrected chi connectivity index (χ2v) is 11.2. The van der Waals surface area contributed by atoms with Crippen molar-refractivity contribution >= 4 is 44.7 Å². The summed E-state index contributed by atoms with van der Waals surface area (Å²) in [6.45, 7) is 8.39. The summed E-state index contributed by atoms with van der Waals surface area (Å²) in [7, 11) is 0. The van der Waals surface area contributed by atoms with Gasteiger partial charge in [-0.05, 0) is 24.5 Å². The number of anilines is 1. The van der Waals surface area contributed by atoms with E-state index >= 15 is 0 Å². The number of thiazole rings is 1. The maximum absolute atomic E-state index is 12.7. The number of hydrogen-bond acceptors (Lipinski definition) is 8. The third-order valence-corrected chi connectivity index (χ3v) is 7.69. The number of nitrogens with two attached hydrogens (primary N) is 1. The van der Waals surface area contributed by atoms with Crippen molar-refractivity contribution in [3.63, 3.8) is 0 Å². The molecule has 6 heterocycles. The summed E-state index contributed by atoms with van der Waals surface area (Å²) in [5.74, 6) is -0.643. The van der Waals surface area contributed by atoms with Crippen molar-refractivity contribution in [1.29, 1.82) is 0 Å². The third-order valence-electron chi connectivity index (χ3n) is 6.47. The number of amides is 2. The van der Waals surface area contributed by atoms with Crippen molar-refractivity contribution < 1.29 is 9.59 Å². The van der Waals surface area contributed by atoms with Crippen LogP contribution in [-0.4, -0.2) is 66.1 Å². The number of pyridine rings is 2. The predicted molar refractivity (Wildman–Crippen MR) is 141 cm³/mol. The van der Waals surface area contributed by atoms with Gasteiger partial charge in [-0.15, -0.1) is 11.3 Å². The fourth-order valence-corrected chi connectivity index (χ4v) is 6.12. The molecule has 0 unspecified atom stereocenters. The van der Waals surface area contributed by atoms with E-state index in [0.29, 0.717) is 28.3 Å². The van der Waals surface area contributed by atoms with Gasteiger partial charge in [-0.2, -0.15) is 10.2 Å². The highest BCUT2D eigenvalue weighted by Gasteiger charge is 2.34. The lowest BCUT2D eigenvalue weighted by Crippen LogP contribution is -2.54. The number of H-pyrrole nitrogens is 1. The van der Waals surface area contributed by atoms with Crippen molar-refractivity contribution in [2.75, 3.05) is 25.0 Å². The molecule has 4 N–H and O–H groups in total. The SMILES string of the molecule is Cc1ncc(NC(=O)CN2CC(C)(C)C2)cc1-c1c(-c2cnc3[nH]ncc3c2)sc2c(C(N)=O)cnn12. The summed E-state index contributed by atoms with van der Waals surface area (Å²) < 4.78 is 1.71. The lowest BCUT2D eigenvalue weighted by atomic mass is 9.84. The molecule has 1 aliphatic rings. The molecule has 1 aliphatic heterocycles. The molecular formula is C25H25N9O2S. The number of aromatic nitrogens is 6. The molecule has 1 saturated heterocycles. The Bertz CT molecular complexity index is 1690. The van der Waals surface area contributed by atoms with E-state index in [1.165, 1.54) is 17.5 Å². The smallest absolute Gasteiger partial charge is 0.253 e. The van der Waals surface area contributed by atoms with Crippen molar-refractivity contribution in [1.82, 2.24) is 34.7 Å². The maximum Gasteiger partial charge on any atom is 0.253 e. The zero-order valence-electron chi connectivity index (χ0n) is 20.6. The highest BCUT2D eigenvalue weighted by Crippen LogP contribution is 2.42. The van der Waals surface area contributed by atoms with Crippen molar-refractivity contribution in [3.8, 4) is 21.7 Å². The van der Waals surface area contributed by atoms with E-state index in [0.717, 1.165) is 45.9 Å². The summed E-state index contributed by atoms with van der Waals surface area (Å²) in [6, 6.07) is 3.87. The molecule has 0 atom stereocenters. The van der Waals surface area contributed by atoms with Crippen LogP contribution in [0.15, 0.2) is 36.9 Å².